The Hall–Kier alpha value is -1.26. The van der Waals surface area contributed by atoms with Crippen molar-refractivity contribution >= 4 is 29.1 Å². The summed E-state index contributed by atoms with van der Waals surface area (Å²) in [5, 5.41) is 0.289. The van der Waals surface area contributed by atoms with E-state index in [1.165, 1.54) is 24.3 Å². The summed E-state index contributed by atoms with van der Waals surface area (Å²) >= 11 is 6.11. The molecule has 22 heavy (non-hydrogen) atoms. The van der Waals surface area contributed by atoms with Gasteiger partial charge in [-0.15, -0.1) is 0 Å². The van der Waals surface area contributed by atoms with E-state index < -0.39 is 30.8 Å². The average Bonchev–Trinajstić information content (AvgIpc) is 2.45. The van der Waals surface area contributed by atoms with E-state index in [4.69, 9.17) is 11.2 Å². The molecule has 0 fully saturated rings. The van der Waals surface area contributed by atoms with E-state index in [0.29, 0.717) is 0 Å². The van der Waals surface area contributed by atoms with Crippen molar-refractivity contribution in [2.45, 2.75) is 12.4 Å². The third-order valence-electron chi connectivity index (χ3n) is 2.80. The molecular weight excluding hydrogens is 349 g/mol. The molecule has 2 aromatic carbocycles. The molecule has 0 atom stereocenters. The molecule has 0 aromatic heterocycles. The third kappa shape index (κ3) is 3.93. The number of benzene rings is 2. The quantitative estimate of drug-likeness (QED) is 0.505. The minimum atomic E-state index is -4.53. The van der Waals surface area contributed by atoms with Crippen LogP contribution in [-0.4, -0.2) is 0 Å². The first kappa shape index (κ1) is 17.1. The van der Waals surface area contributed by atoms with Gasteiger partial charge in [0.1, 0.15) is 0 Å². The summed E-state index contributed by atoms with van der Waals surface area (Å²) in [6, 6.07) is 8.60. The van der Waals surface area contributed by atoms with Crippen molar-refractivity contribution in [2.24, 2.45) is 0 Å². The van der Waals surface area contributed by atoms with Gasteiger partial charge in [0, 0.05) is 0 Å². The van der Waals surface area contributed by atoms with Gasteiger partial charge in [0.15, 0.2) is 0 Å². The molecule has 0 nitrogen and oxygen atoms in total. The van der Waals surface area contributed by atoms with Crippen molar-refractivity contribution in [3.8, 4) is 0 Å². The summed E-state index contributed by atoms with van der Waals surface area (Å²) in [7, 11) is -1.83. The van der Waals surface area contributed by atoms with Gasteiger partial charge in [-0.25, -0.2) is 0 Å². The first-order chi connectivity index (χ1) is 10.1. The van der Waals surface area contributed by atoms with Crippen molar-refractivity contribution in [1.29, 1.82) is 0 Å². The molecule has 0 saturated heterocycles. The Morgan fingerprint density at radius 3 is 1.36 bits per heavy atom. The van der Waals surface area contributed by atoms with Gasteiger partial charge in [0.2, 0.25) is 0 Å². The van der Waals surface area contributed by atoms with Gasteiger partial charge in [-0.3, -0.25) is 0 Å². The SMILES string of the molecule is FC(F)(F)c1cccc(P(Cl)c2cccc(C(F)(F)F)c2)c1. The standard InChI is InChI=1S/C14H8ClF6P/c15-22(11-5-1-3-9(7-11)13(16,17)18)12-6-2-4-10(8-12)14(19,20)21/h1-8H. The molecule has 118 valence electrons. The lowest BCUT2D eigenvalue weighted by molar-refractivity contribution is -0.138. The Morgan fingerprint density at radius 1 is 0.682 bits per heavy atom. The molecule has 8 heteroatoms. The molecule has 0 aliphatic rings. The van der Waals surface area contributed by atoms with Gasteiger partial charge in [-0.2, -0.15) is 26.3 Å². The molecule has 0 amide bonds. The second kappa shape index (κ2) is 6.09. The van der Waals surface area contributed by atoms with Crippen LogP contribution < -0.4 is 10.6 Å². The zero-order valence-electron chi connectivity index (χ0n) is 10.7. The monoisotopic (exact) mass is 356 g/mol. The van der Waals surface area contributed by atoms with Crippen LogP contribution in [0.1, 0.15) is 11.1 Å². The van der Waals surface area contributed by atoms with E-state index >= 15 is 0 Å². The van der Waals surface area contributed by atoms with Crippen LogP contribution >= 0.6 is 18.5 Å². The maximum Gasteiger partial charge on any atom is 0.416 e. The molecule has 0 aliphatic carbocycles. The van der Waals surface area contributed by atoms with Gasteiger partial charge in [-0.05, 0) is 34.9 Å². The predicted molar refractivity (Wildman–Crippen MR) is 74.9 cm³/mol. The summed E-state index contributed by atoms with van der Waals surface area (Å²) in [6.45, 7) is 0. The smallest absolute Gasteiger partial charge is 0.166 e. The fourth-order valence-corrected chi connectivity index (χ4v) is 3.63. The normalized spacial score (nSPS) is 12.7. The molecule has 0 unspecified atom stereocenters. The van der Waals surface area contributed by atoms with Gasteiger partial charge < -0.3 is 0 Å². The Kier molecular flexibility index (Phi) is 4.73. The van der Waals surface area contributed by atoms with Crippen LogP contribution in [0.15, 0.2) is 48.5 Å². The summed E-state index contributed by atoms with van der Waals surface area (Å²) in [5.41, 5.74) is -1.77. The maximum absolute atomic E-state index is 12.7. The molecule has 0 radical (unpaired) electrons. The second-order valence-electron chi connectivity index (χ2n) is 4.38. The van der Waals surface area contributed by atoms with Crippen molar-refractivity contribution in [2.75, 3.05) is 0 Å². The highest BCUT2D eigenvalue weighted by Gasteiger charge is 2.32. The number of hydrogen-bond donors (Lipinski definition) is 0. The molecule has 0 saturated carbocycles. The largest absolute Gasteiger partial charge is 0.416 e. The Balaban J connectivity index is 2.38. The lowest BCUT2D eigenvalue weighted by atomic mass is 10.2. The van der Waals surface area contributed by atoms with E-state index in [9.17, 15) is 26.3 Å². The zero-order valence-corrected chi connectivity index (χ0v) is 12.4. The van der Waals surface area contributed by atoms with E-state index in [1.54, 1.807) is 0 Å². The lowest BCUT2D eigenvalue weighted by Crippen LogP contribution is -2.14. The number of rotatable bonds is 2. The van der Waals surface area contributed by atoms with Crippen LogP contribution in [0.4, 0.5) is 26.3 Å². The van der Waals surface area contributed by atoms with E-state index in [2.05, 4.69) is 0 Å². The molecule has 0 aliphatic heterocycles. The van der Waals surface area contributed by atoms with Crippen molar-refractivity contribution in [3.05, 3.63) is 59.7 Å². The highest BCUT2D eigenvalue weighted by Crippen LogP contribution is 2.41. The molecule has 0 bridgehead atoms. The first-order valence-electron chi connectivity index (χ1n) is 5.89. The first-order valence-corrected chi connectivity index (χ1v) is 8.14. The highest BCUT2D eigenvalue weighted by atomic mass is 35.7. The van der Waals surface area contributed by atoms with E-state index in [0.717, 1.165) is 24.3 Å². The molecule has 2 aromatic rings. The summed E-state index contributed by atoms with van der Waals surface area (Å²) < 4.78 is 76.0. The molecule has 0 spiro atoms. The van der Waals surface area contributed by atoms with Crippen molar-refractivity contribution in [1.82, 2.24) is 0 Å². The molecule has 0 N–H and O–H groups in total. The van der Waals surface area contributed by atoms with Crippen LogP contribution in [0.25, 0.3) is 0 Å². The highest BCUT2D eigenvalue weighted by molar-refractivity contribution is 7.95. The fourth-order valence-electron chi connectivity index (χ4n) is 1.76. The van der Waals surface area contributed by atoms with Gasteiger partial charge >= 0.3 is 12.4 Å². The topological polar surface area (TPSA) is 0 Å². The van der Waals surface area contributed by atoms with Gasteiger partial charge in [-0.1, -0.05) is 35.5 Å². The Morgan fingerprint density at radius 2 is 1.05 bits per heavy atom. The van der Waals surface area contributed by atoms with Gasteiger partial charge in [0.25, 0.3) is 0 Å². The van der Waals surface area contributed by atoms with Gasteiger partial charge in [0.05, 0.1) is 18.4 Å². The van der Waals surface area contributed by atoms with Crippen molar-refractivity contribution in [3.63, 3.8) is 0 Å². The van der Waals surface area contributed by atoms with Crippen LogP contribution in [0.3, 0.4) is 0 Å². The third-order valence-corrected chi connectivity index (χ3v) is 5.43. The Bertz CT molecular complexity index is 607. The molecular formula is C14H8ClF6P. The summed E-state index contributed by atoms with van der Waals surface area (Å²) in [4.78, 5) is 0. The fraction of sp³-hybridized carbons (Fsp3) is 0.143. The number of alkyl halides is 6. The predicted octanol–water partition coefficient (Wildman–Crippen LogP) is 5.31. The Labute approximate surface area is 128 Å². The van der Waals surface area contributed by atoms with Crippen LogP contribution in [-0.2, 0) is 12.4 Å². The number of halogens is 7. The maximum atomic E-state index is 12.7. The summed E-state index contributed by atoms with van der Waals surface area (Å²) in [5.74, 6) is 0. The number of hydrogen-bond acceptors (Lipinski definition) is 0. The minimum absolute atomic E-state index is 0.144. The van der Waals surface area contributed by atoms with E-state index in [1.807, 2.05) is 0 Å². The van der Waals surface area contributed by atoms with Crippen LogP contribution in [0.2, 0.25) is 0 Å². The van der Waals surface area contributed by atoms with Crippen molar-refractivity contribution < 1.29 is 26.3 Å². The molecule has 0 heterocycles. The minimum Gasteiger partial charge on any atom is -0.166 e. The second-order valence-corrected chi connectivity index (χ2v) is 6.99. The zero-order chi connectivity index (χ0) is 16.5. The van der Waals surface area contributed by atoms with E-state index in [-0.39, 0.29) is 10.6 Å². The molecule has 2 rings (SSSR count). The average molecular weight is 357 g/mol. The van der Waals surface area contributed by atoms with Crippen LogP contribution in [0.5, 0.6) is 0 Å². The lowest BCUT2D eigenvalue weighted by Gasteiger charge is -2.15. The van der Waals surface area contributed by atoms with Crippen LogP contribution in [0, 0.1) is 0 Å². The summed E-state index contributed by atoms with van der Waals surface area (Å²) in [6.07, 6.45) is -9.06.